The third kappa shape index (κ3) is 3.10. The maximum absolute atomic E-state index is 12.5. The van der Waals surface area contributed by atoms with Gasteiger partial charge in [0.2, 0.25) is 15.9 Å². The Morgan fingerprint density at radius 3 is 2.82 bits per heavy atom. The quantitative estimate of drug-likeness (QED) is 0.856. The summed E-state index contributed by atoms with van der Waals surface area (Å²) < 4.78 is 32.2. The van der Waals surface area contributed by atoms with Gasteiger partial charge in [-0.3, -0.25) is 4.98 Å². The summed E-state index contributed by atoms with van der Waals surface area (Å²) in [5.41, 5.74) is 1.06. The van der Waals surface area contributed by atoms with Crippen LogP contribution in [0.4, 0.5) is 0 Å². The first kappa shape index (κ1) is 14.9. The minimum Gasteiger partial charge on any atom is -0.473 e. The van der Waals surface area contributed by atoms with Crippen LogP contribution in [0.2, 0.25) is 0 Å². The monoisotopic (exact) mass is 319 g/mol. The molecule has 1 aliphatic heterocycles. The van der Waals surface area contributed by atoms with Crippen molar-refractivity contribution in [1.29, 1.82) is 0 Å². The Hall–Kier alpha value is -1.99. The van der Waals surface area contributed by atoms with E-state index in [2.05, 4.69) is 9.97 Å². The predicted octanol–water partition coefficient (Wildman–Crippen LogP) is 1.63. The fourth-order valence-electron chi connectivity index (χ4n) is 2.36. The van der Waals surface area contributed by atoms with Gasteiger partial charge in [-0.15, -0.1) is 0 Å². The Morgan fingerprint density at radius 1 is 1.27 bits per heavy atom. The molecule has 0 spiro atoms. The van der Waals surface area contributed by atoms with Crippen LogP contribution in [0.25, 0.3) is 0 Å². The molecule has 1 aliphatic rings. The Labute approximate surface area is 129 Å². The first-order chi connectivity index (χ1) is 10.6. The SMILES string of the molecule is Cc1ccc(OC2CCN(S(=O)(=O)c3cccnc3)C2)nc1. The van der Waals surface area contributed by atoms with Crippen LogP contribution in [0.5, 0.6) is 5.88 Å². The molecule has 1 fully saturated rings. The van der Waals surface area contributed by atoms with Crippen LogP contribution in [0.3, 0.4) is 0 Å². The molecule has 0 saturated carbocycles. The van der Waals surface area contributed by atoms with Crippen molar-refractivity contribution in [2.24, 2.45) is 0 Å². The van der Waals surface area contributed by atoms with E-state index < -0.39 is 10.0 Å². The largest absolute Gasteiger partial charge is 0.473 e. The Bertz CT molecular complexity index is 732. The van der Waals surface area contributed by atoms with E-state index in [9.17, 15) is 8.42 Å². The summed E-state index contributed by atoms with van der Waals surface area (Å²) >= 11 is 0. The van der Waals surface area contributed by atoms with Crippen molar-refractivity contribution in [3.05, 3.63) is 48.4 Å². The number of sulfonamides is 1. The summed E-state index contributed by atoms with van der Waals surface area (Å²) in [5.74, 6) is 0.524. The van der Waals surface area contributed by atoms with Crippen molar-refractivity contribution in [3.63, 3.8) is 0 Å². The predicted molar refractivity (Wildman–Crippen MR) is 81.0 cm³/mol. The Morgan fingerprint density at radius 2 is 2.14 bits per heavy atom. The van der Waals surface area contributed by atoms with E-state index in [1.165, 1.54) is 10.5 Å². The molecule has 6 nitrogen and oxygen atoms in total. The number of pyridine rings is 2. The lowest BCUT2D eigenvalue weighted by Gasteiger charge is -2.16. The zero-order valence-electron chi connectivity index (χ0n) is 12.2. The highest BCUT2D eigenvalue weighted by molar-refractivity contribution is 7.89. The van der Waals surface area contributed by atoms with Gasteiger partial charge >= 0.3 is 0 Å². The summed E-state index contributed by atoms with van der Waals surface area (Å²) in [7, 11) is -3.50. The summed E-state index contributed by atoms with van der Waals surface area (Å²) in [6.07, 6.45) is 5.12. The van der Waals surface area contributed by atoms with Crippen LogP contribution >= 0.6 is 0 Å². The van der Waals surface area contributed by atoms with E-state index in [0.717, 1.165) is 5.56 Å². The van der Waals surface area contributed by atoms with Gasteiger partial charge in [0.15, 0.2) is 0 Å². The molecule has 7 heteroatoms. The summed E-state index contributed by atoms with van der Waals surface area (Å²) in [4.78, 5) is 8.27. The molecule has 1 saturated heterocycles. The van der Waals surface area contributed by atoms with Crippen molar-refractivity contribution in [2.45, 2.75) is 24.3 Å². The molecule has 0 amide bonds. The maximum Gasteiger partial charge on any atom is 0.244 e. The van der Waals surface area contributed by atoms with E-state index in [0.29, 0.717) is 25.4 Å². The molecule has 0 radical (unpaired) electrons. The second-order valence-electron chi connectivity index (χ2n) is 5.25. The number of nitrogens with zero attached hydrogens (tertiary/aromatic N) is 3. The topological polar surface area (TPSA) is 72.4 Å². The molecule has 0 N–H and O–H groups in total. The lowest BCUT2D eigenvalue weighted by atomic mass is 10.3. The molecule has 3 rings (SSSR count). The zero-order valence-corrected chi connectivity index (χ0v) is 13.0. The second kappa shape index (κ2) is 6.02. The highest BCUT2D eigenvalue weighted by atomic mass is 32.2. The molecule has 1 unspecified atom stereocenters. The zero-order chi connectivity index (χ0) is 15.6. The number of hydrogen-bond acceptors (Lipinski definition) is 5. The molecule has 22 heavy (non-hydrogen) atoms. The summed E-state index contributed by atoms with van der Waals surface area (Å²) in [6, 6.07) is 6.89. The van der Waals surface area contributed by atoms with Crippen molar-refractivity contribution >= 4 is 10.0 Å². The van der Waals surface area contributed by atoms with E-state index in [1.807, 2.05) is 13.0 Å². The smallest absolute Gasteiger partial charge is 0.244 e. The molecule has 2 aromatic heterocycles. The van der Waals surface area contributed by atoms with Crippen LogP contribution < -0.4 is 4.74 Å². The third-order valence-corrected chi connectivity index (χ3v) is 5.40. The highest BCUT2D eigenvalue weighted by Crippen LogP contribution is 2.23. The number of hydrogen-bond donors (Lipinski definition) is 0. The van der Waals surface area contributed by atoms with Crippen LogP contribution in [0, 0.1) is 6.92 Å². The van der Waals surface area contributed by atoms with Crippen molar-refractivity contribution in [3.8, 4) is 5.88 Å². The van der Waals surface area contributed by atoms with Gasteiger partial charge in [0.1, 0.15) is 11.0 Å². The Kier molecular flexibility index (Phi) is 4.08. The standard InChI is InChI=1S/C15H17N3O3S/c1-12-4-5-15(17-9-12)21-13-6-8-18(11-13)22(19,20)14-3-2-7-16-10-14/h2-5,7,9-10,13H,6,8,11H2,1H3. The first-order valence-corrected chi connectivity index (χ1v) is 8.49. The van der Waals surface area contributed by atoms with Crippen LogP contribution in [-0.2, 0) is 10.0 Å². The Balaban J connectivity index is 1.68. The fourth-order valence-corrected chi connectivity index (χ4v) is 3.81. The van der Waals surface area contributed by atoms with Gasteiger partial charge in [0, 0.05) is 31.2 Å². The number of ether oxygens (including phenoxy) is 1. The normalized spacial score (nSPS) is 19.2. The lowest BCUT2D eigenvalue weighted by molar-refractivity contribution is 0.207. The van der Waals surface area contributed by atoms with E-state index in [-0.39, 0.29) is 11.0 Å². The van der Waals surface area contributed by atoms with Gasteiger partial charge in [-0.25, -0.2) is 13.4 Å². The van der Waals surface area contributed by atoms with E-state index in [4.69, 9.17) is 4.74 Å². The molecular weight excluding hydrogens is 302 g/mol. The number of rotatable bonds is 4. The van der Waals surface area contributed by atoms with Gasteiger partial charge in [-0.05, 0) is 31.0 Å². The lowest BCUT2D eigenvalue weighted by Crippen LogP contribution is -2.31. The number of aryl methyl sites for hydroxylation is 1. The minimum atomic E-state index is -3.50. The number of aromatic nitrogens is 2. The molecular formula is C15H17N3O3S. The first-order valence-electron chi connectivity index (χ1n) is 7.05. The molecule has 116 valence electrons. The third-order valence-electron chi connectivity index (χ3n) is 3.55. The molecule has 0 aliphatic carbocycles. The van der Waals surface area contributed by atoms with Gasteiger partial charge < -0.3 is 4.74 Å². The maximum atomic E-state index is 12.5. The van der Waals surface area contributed by atoms with Crippen LogP contribution in [0.1, 0.15) is 12.0 Å². The minimum absolute atomic E-state index is 0.179. The summed E-state index contributed by atoms with van der Waals surface area (Å²) in [5, 5.41) is 0. The highest BCUT2D eigenvalue weighted by Gasteiger charge is 2.33. The molecule has 3 heterocycles. The van der Waals surface area contributed by atoms with Crippen molar-refractivity contribution in [1.82, 2.24) is 14.3 Å². The van der Waals surface area contributed by atoms with E-state index in [1.54, 1.807) is 30.6 Å². The van der Waals surface area contributed by atoms with Gasteiger partial charge in [0.05, 0.1) is 6.54 Å². The molecule has 2 aromatic rings. The van der Waals surface area contributed by atoms with Gasteiger partial charge in [0.25, 0.3) is 0 Å². The van der Waals surface area contributed by atoms with Crippen LogP contribution in [-0.4, -0.2) is 41.9 Å². The average molecular weight is 319 g/mol. The van der Waals surface area contributed by atoms with Gasteiger partial charge in [-0.1, -0.05) is 6.07 Å². The molecule has 1 atom stereocenters. The molecule has 0 bridgehead atoms. The van der Waals surface area contributed by atoms with Crippen LogP contribution in [0.15, 0.2) is 47.8 Å². The van der Waals surface area contributed by atoms with E-state index >= 15 is 0 Å². The molecule has 0 aromatic carbocycles. The van der Waals surface area contributed by atoms with Crippen molar-refractivity contribution in [2.75, 3.05) is 13.1 Å². The second-order valence-corrected chi connectivity index (χ2v) is 7.19. The van der Waals surface area contributed by atoms with Crippen molar-refractivity contribution < 1.29 is 13.2 Å². The average Bonchev–Trinajstić information content (AvgIpc) is 3.00. The fraction of sp³-hybridized carbons (Fsp3) is 0.333. The summed E-state index contributed by atoms with van der Waals surface area (Å²) in [6.45, 7) is 2.72. The van der Waals surface area contributed by atoms with Gasteiger partial charge in [-0.2, -0.15) is 4.31 Å².